The Balaban J connectivity index is 2.98. The minimum absolute atomic E-state index is 0.154. The molecule has 1 aromatic rings. The van der Waals surface area contributed by atoms with Crippen LogP contribution in [0.15, 0.2) is 12.1 Å². The number of hydrogen-bond donors (Lipinski definition) is 1. The number of aryl methyl sites for hydroxylation is 1. The van der Waals surface area contributed by atoms with E-state index in [0.29, 0.717) is 30.9 Å². The second-order valence-electron chi connectivity index (χ2n) is 4.12. The summed E-state index contributed by atoms with van der Waals surface area (Å²) in [6.45, 7) is 0.406. The molecule has 0 radical (unpaired) electrons. The van der Waals surface area contributed by atoms with Crippen LogP contribution in [0.5, 0.6) is 11.5 Å². The van der Waals surface area contributed by atoms with Crippen LogP contribution in [0.4, 0.5) is 0 Å². The molecule has 1 rings (SSSR count). The van der Waals surface area contributed by atoms with Crippen molar-refractivity contribution in [3.63, 3.8) is 0 Å². The highest BCUT2D eigenvalue weighted by molar-refractivity contribution is 5.66. The molecule has 5 heteroatoms. The van der Waals surface area contributed by atoms with Crippen LogP contribution in [-0.2, 0) is 22.6 Å². The van der Waals surface area contributed by atoms with Gasteiger partial charge in [0.15, 0.2) is 11.5 Å². The van der Waals surface area contributed by atoms with Gasteiger partial charge >= 0.3 is 5.97 Å². The normalized spacial score (nSPS) is 10.3. The van der Waals surface area contributed by atoms with Crippen LogP contribution in [0.1, 0.15) is 24.0 Å². The monoisotopic (exact) mass is 268 g/mol. The summed E-state index contributed by atoms with van der Waals surface area (Å²) in [6, 6.07) is 3.76. The molecule has 0 bridgehead atoms. The van der Waals surface area contributed by atoms with Crippen LogP contribution < -0.4 is 9.47 Å². The number of carbonyl (C=O) groups is 1. The first-order valence-electron chi connectivity index (χ1n) is 6.07. The fourth-order valence-electron chi connectivity index (χ4n) is 2.00. The Morgan fingerprint density at radius 1 is 1.21 bits per heavy atom. The maximum Gasteiger partial charge on any atom is 0.303 e. The Bertz CT molecular complexity index is 428. The summed E-state index contributed by atoms with van der Waals surface area (Å²) >= 11 is 0. The number of ether oxygens (including phenoxy) is 3. The van der Waals surface area contributed by atoms with E-state index in [2.05, 4.69) is 0 Å². The predicted molar refractivity (Wildman–Crippen MR) is 70.8 cm³/mol. The van der Waals surface area contributed by atoms with Gasteiger partial charge in [-0.3, -0.25) is 4.79 Å². The summed E-state index contributed by atoms with van der Waals surface area (Å²) in [5.74, 6) is 0.516. The Morgan fingerprint density at radius 2 is 1.95 bits per heavy atom. The second-order valence-corrected chi connectivity index (χ2v) is 4.12. The summed E-state index contributed by atoms with van der Waals surface area (Å²) in [6.07, 6.45) is 1.41. The zero-order chi connectivity index (χ0) is 14.3. The summed E-state index contributed by atoms with van der Waals surface area (Å²) in [5.41, 5.74) is 1.94. The Hall–Kier alpha value is -1.75. The molecule has 0 aliphatic rings. The second kappa shape index (κ2) is 7.63. The van der Waals surface area contributed by atoms with E-state index in [9.17, 15) is 4.79 Å². The molecule has 0 aliphatic heterocycles. The highest BCUT2D eigenvalue weighted by Gasteiger charge is 2.14. The van der Waals surface area contributed by atoms with Gasteiger partial charge in [0.25, 0.3) is 0 Å². The Labute approximate surface area is 113 Å². The van der Waals surface area contributed by atoms with E-state index in [4.69, 9.17) is 19.3 Å². The zero-order valence-corrected chi connectivity index (χ0v) is 11.6. The van der Waals surface area contributed by atoms with Crippen molar-refractivity contribution in [2.45, 2.75) is 25.9 Å². The highest BCUT2D eigenvalue weighted by Crippen LogP contribution is 2.34. The standard InChI is InChI=1S/C14H20O5/c1-17-9-11-10(5-4-6-13(15)16)7-8-12(18-2)14(11)19-3/h7-8H,4-6,9H2,1-3H3,(H,15,16). The van der Waals surface area contributed by atoms with Gasteiger partial charge in [-0.2, -0.15) is 0 Å². The lowest BCUT2D eigenvalue weighted by Crippen LogP contribution is -2.03. The lowest BCUT2D eigenvalue weighted by molar-refractivity contribution is -0.137. The van der Waals surface area contributed by atoms with Gasteiger partial charge in [0.2, 0.25) is 0 Å². The van der Waals surface area contributed by atoms with Gasteiger partial charge in [-0.1, -0.05) is 6.07 Å². The van der Waals surface area contributed by atoms with E-state index in [0.717, 1.165) is 11.1 Å². The molecule has 0 saturated carbocycles. The quantitative estimate of drug-likeness (QED) is 0.783. The lowest BCUT2D eigenvalue weighted by Gasteiger charge is -2.16. The number of aliphatic carboxylic acids is 1. The molecular weight excluding hydrogens is 248 g/mol. The third-order valence-electron chi connectivity index (χ3n) is 2.87. The van der Waals surface area contributed by atoms with E-state index >= 15 is 0 Å². The van der Waals surface area contributed by atoms with Crippen molar-refractivity contribution in [2.24, 2.45) is 0 Å². The van der Waals surface area contributed by atoms with Crippen molar-refractivity contribution >= 4 is 5.97 Å². The minimum atomic E-state index is -0.784. The van der Waals surface area contributed by atoms with Gasteiger partial charge in [0.1, 0.15) is 0 Å². The fourth-order valence-corrected chi connectivity index (χ4v) is 2.00. The molecular formula is C14H20O5. The lowest BCUT2D eigenvalue weighted by atomic mass is 10.0. The number of rotatable bonds is 8. The average molecular weight is 268 g/mol. The molecule has 0 aliphatic carbocycles. The molecule has 0 spiro atoms. The van der Waals surface area contributed by atoms with Gasteiger partial charge < -0.3 is 19.3 Å². The van der Waals surface area contributed by atoms with Crippen molar-refractivity contribution in [3.05, 3.63) is 23.3 Å². The fraction of sp³-hybridized carbons (Fsp3) is 0.500. The number of hydrogen-bond acceptors (Lipinski definition) is 4. The van der Waals surface area contributed by atoms with Gasteiger partial charge in [-0.25, -0.2) is 0 Å². The summed E-state index contributed by atoms with van der Waals surface area (Å²) in [4.78, 5) is 10.6. The van der Waals surface area contributed by atoms with Gasteiger partial charge in [-0.15, -0.1) is 0 Å². The molecule has 0 aromatic heterocycles. The molecule has 1 N–H and O–H groups in total. The predicted octanol–water partition coefficient (Wildman–Crippen LogP) is 2.26. The largest absolute Gasteiger partial charge is 0.493 e. The average Bonchev–Trinajstić information content (AvgIpc) is 2.39. The molecule has 0 heterocycles. The minimum Gasteiger partial charge on any atom is -0.493 e. The summed E-state index contributed by atoms with van der Waals surface area (Å²) in [7, 11) is 4.77. The van der Waals surface area contributed by atoms with Crippen LogP contribution in [0, 0.1) is 0 Å². The van der Waals surface area contributed by atoms with Crippen LogP contribution in [0.2, 0.25) is 0 Å². The Kier molecular flexibility index (Phi) is 6.15. The molecule has 5 nitrogen and oxygen atoms in total. The van der Waals surface area contributed by atoms with Crippen LogP contribution in [-0.4, -0.2) is 32.4 Å². The first-order chi connectivity index (χ1) is 9.13. The van der Waals surface area contributed by atoms with Crippen molar-refractivity contribution in [3.8, 4) is 11.5 Å². The topological polar surface area (TPSA) is 65.0 Å². The maximum absolute atomic E-state index is 10.6. The van der Waals surface area contributed by atoms with Crippen LogP contribution in [0.25, 0.3) is 0 Å². The summed E-state index contributed by atoms with van der Waals surface area (Å²) in [5, 5.41) is 8.68. The van der Waals surface area contributed by atoms with Gasteiger partial charge in [-0.05, 0) is 24.5 Å². The SMILES string of the molecule is COCc1c(CCCC(=O)O)ccc(OC)c1OC. The van der Waals surface area contributed by atoms with Crippen LogP contribution in [0.3, 0.4) is 0 Å². The van der Waals surface area contributed by atoms with Crippen LogP contribution >= 0.6 is 0 Å². The molecule has 0 amide bonds. The molecule has 1 aromatic carbocycles. The number of carboxylic acid groups (broad SMARTS) is 1. The van der Waals surface area contributed by atoms with E-state index in [1.54, 1.807) is 21.3 Å². The molecule has 0 atom stereocenters. The van der Waals surface area contributed by atoms with E-state index in [1.165, 1.54) is 0 Å². The molecule has 0 unspecified atom stereocenters. The van der Waals surface area contributed by atoms with Gasteiger partial charge in [0, 0.05) is 19.1 Å². The first kappa shape index (κ1) is 15.3. The molecule has 0 fully saturated rings. The van der Waals surface area contributed by atoms with E-state index in [1.807, 2.05) is 12.1 Å². The van der Waals surface area contributed by atoms with Gasteiger partial charge in [0.05, 0.1) is 20.8 Å². The first-order valence-corrected chi connectivity index (χ1v) is 6.07. The zero-order valence-electron chi connectivity index (χ0n) is 11.6. The smallest absolute Gasteiger partial charge is 0.303 e. The molecule has 106 valence electrons. The maximum atomic E-state index is 10.6. The van der Waals surface area contributed by atoms with E-state index in [-0.39, 0.29) is 6.42 Å². The third kappa shape index (κ3) is 4.13. The summed E-state index contributed by atoms with van der Waals surface area (Å²) < 4.78 is 15.8. The van der Waals surface area contributed by atoms with Crippen molar-refractivity contribution in [1.29, 1.82) is 0 Å². The van der Waals surface area contributed by atoms with E-state index < -0.39 is 5.97 Å². The Morgan fingerprint density at radius 3 is 2.47 bits per heavy atom. The van der Waals surface area contributed by atoms with Crippen molar-refractivity contribution in [2.75, 3.05) is 21.3 Å². The number of methoxy groups -OCH3 is 3. The number of benzene rings is 1. The number of carboxylic acids is 1. The highest BCUT2D eigenvalue weighted by atomic mass is 16.5. The van der Waals surface area contributed by atoms with Crippen molar-refractivity contribution in [1.82, 2.24) is 0 Å². The molecule has 19 heavy (non-hydrogen) atoms. The third-order valence-corrected chi connectivity index (χ3v) is 2.87. The van der Waals surface area contributed by atoms with Crippen molar-refractivity contribution < 1.29 is 24.1 Å². The molecule has 0 saturated heterocycles.